The highest BCUT2D eigenvalue weighted by molar-refractivity contribution is 7.09. The molecule has 0 aliphatic rings. The van der Waals surface area contributed by atoms with E-state index >= 15 is 0 Å². The van der Waals surface area contributed by atoms with Crippen LogP contribution < -0.4 is 5.32 Å². The zero-order chi connectivity index (χ0) is 13.8. The van der Waals surface area contributed by atoms with Gasteiger partial charge in [-0.2, -0.15) is 0 Å². The predicted octanol–water partition coefficient (Wildman–Crippen LogP) is 3.58. The van der Waals surface area contributed by atoms with Crippen LogP contribution in [-0.2, 0) is 6.54 Å². The number of rotatable bonds is 5. The van der Waals surface area contributed by atoms with Gasteiger partial charge in [0.15, 0.2) is 0 Å². The summed E-state index contributed by atoms with van der Waals surface area (Å²) in [5, 5.41) is 7.97. The highest BCUT2D eigenvalue weighted by Gasteiger charge is 2.08. The van der Waals surface area contributed by atoms with Crippen LogP contribution in [0.3, 0.4) is 0 Å². The van der Waals surface area contributed by atoms with E-state index in [0.29, 0.717) is 5.92 Å². The fraction of sp³-hybridized carbons (Fsp3) is 0.250. The zero-order valence-electron chi connectivity index (χ0n) is 11.4. The minimum atomic E-state index is 0.447. The molecule has 1 N–H and O–H groups in total. The van der Waals surface area contributed by atoms with E-state index in [2.05, 4.69) is 46.5 Å². The molecular formula is C16H17N3S. The van der Waals surface area contributed by atoms with Gasteiger partial charge in [-0.15, -0.1) is 11.3 Å². The van der Waals surface area contributed by atoms with Gasteiger partial charge in [-0.05, 0) is 17.7 Å². The van der Waals surface area contributed by atoms with Gasteiger partial charge in [0.05, 0.1) is 10.5 Å². The Labute approximate surface area is 122 Å². The summed E-state index contributed by atoms with van der Waals surface area (Å²) in [6.07, 6.45) is 3.75. The summed E-state index contributed by atoms with van der Waals surface area (Å²) in [5.41, 5.74) is 2.35. The lowest BCUT2D eigenvalue weighted by Crippen LogP contribution is -2.19. The number of pyridine rings is 1. The Kier molecular flexibility index (Phi) is 4.04. The van der Waals surface area contributed by atoms with E-state index in [1.165, 1.54) is 16.0 Å². The molecule has 1 aromatic carbocycles. The second-order valence-corrected chi connectivity index (χ2v) is 5.82. The maximum Gasteiger partial charge on any atom is 0.0965 e. The summed E-state index contributed by atoms with van der Waals surface area (Å²) in [7, 11) is 0. The molecule has 2 aromatic heterocycles. The second kappa shape index (κ2) is 6.11. The third-order valence-electron chi connectivity index (χ3n) is 3.38. The first-order valence-electron chi connectivity index (χ1n) is 6.77. The lowest BCUT2D eigenvalue weighted by Gasteiger charge is -2.11. The van der Waals surface area contributed by atoms with Crippen molar-refractivity contribution in [3.63, 3.8) is 0 Å². The molecule has 0 aliphatic carbocycles. The number of nitrogens with one attached hydrogen (secondary N) is 1. The molecule has 0 amide bonds. The molecule has 3 aromatic rings. The van der Waals surface area contributed by atoms with Crippen molar-refractivity contribution < 1.29 is 0 Å². The zero-order valence-corrected chi connectivity index (χ0v) is 12.2. The monoisotopic (exact) mass is 283 g/mol. The average Bonchev–Trinajstić information content (AvgIpc) is 3.02. The highest BCUT2D eigenvalue weighted by atomic mass is 32.1. The molecule has 1 atom stereocenters. The standard InChI is InChI=1S/C16H17N3S/c1-12(16-19-8-9-20-16)10-17-11-13-6-7-18-15-5-3-2-4-14(13)15/h2-9,12,17H,10-11H2,1H3. The number of hydrogen-bond acceptors (Lipinski definition) is 4. The van der Waals surface area contributed by atoms with Gasteiger partial charge >= 0.3 is 0 Å². The van der Waals surface area contributed by atoms with Crippen molar-refractivity contribution in [1.29, 1.82) is 0 Å². The Morgan fingerprint density at radius 2 is 2.05 bits per heavy atom. The van der Waals surface area contributed by atoms with Crippen LogP contribution in [0.2, 0.25) is 0 Å². The molecule has 0 fully saturated rings. The second-order valence-electron chi connectivity index (χ2n) is 4.89. The van der Waals surface area contributed by atoms with E-state index in [-0.39, 0.29) is 0 Å². The van der Waals surface area contributed by atoms with Gasteiger partial charge in [0.25, 0.3) is 0 Å². The molecule has 0 spiro atoms. The topological polar surface area (TPSA) is 37.8 Å². The SMILES string of the molecule is CC(CNCc1ccnc2ccccc12)c1nccs1. The third kappa shape index (κ3) is 2.86. The summed E-state index contributed by atoms with van der Waals surface area (Å²) < 4.78 is 0. The van der Waals surface area contributed by atoms with Crippen molar-refractivity contribution in [3.05, 3.63) is 58.7 Å². The van der Waals surface area contributed by atoms with Crippen molar-refractivity contribution in [3.8, 4) is 0 Å². The van der Waals surface area contributed by atoms with Crippen LogP contribution in [0, 0.1) is 0 Å². The summed E-state index contributed by atoms with van der Waals surface area (Å²) in [5.74, 6) is 0.447. The Morgan fingerprint density at radius 3 is 2.90 bits per heavy atom. The maximum absolute atomic E-state index is 4.39. The number of thiazole rings is 1. The Balaban J connectivity index is 1.66. The van der Waals surface area contributed by atoms with E-state index in [4.69, 9.17) is 0 Å². The quantitative estimate of drug-likeness (QED) is 0.777. The fourth-order valence-corrected chi connectivity index (χ4v) is 3.00. The summed E-state index contributed by atoms with van der Waals surface area (Å²) in [6, 6.07) is 10.4. The number of nitrogens with zero attached hydrogens (tertiary/aromatic N) is 2. The molecule has 0 saturated carbocycles. The first-order chi connectivity index (χ1) is 9.84. The lowest BCUT2D eigenvalue weighted by atomic mass is 10.1. The molecule has 2 heterocycles. The normalized spacial score (nSPS) is 12.7. The largest absolute Gasteiger partial charge is 0.312 e. The molecule has 20 heavy (non-hydrogen) atoms. The molecule has 3 nitrogen and oxygen atoms in total. The van der Waals surface area contributed by atoms with E-state index < -0.39 is 0 Å². The van der Waals surface area contributed by atoms with Crippen molar-refractivity contribution in [2.75, 3.05) is 6.54 Å². The molecule has 1 unspecified atom stereocenters. The van der Waals surface area contributed by atoms with Crippen molar-refractivity contribution in [1.82, 2.24) is 15.3 Å². The van der Waals surface area contributed by atoms with Crippen molar-refractivity contribution in [2.45, 2.75) is 19.4 Å². The molecule has 4 heteroatoms. The van der Waals surface area contributed by atoms with Crippen LogP contribution in [0.5, 0.6) is 0 Å². The summed E-state index contributed by atoms with van der Waals surface area (Å²) >= 11 is 1.72. The molecule has 3 rings (SSSR count). The average molecular weight is 283 g/mol. The van der Waals surface area contributed by atoms with Gasteiger partial charge in [-0.1, -0.05) is 25.1 Å². The molecule has 0 aliphatic heterocycles. The molecule has 0 radical (unpaired) electrons. The summed E-state index contributed by atoms with van der Waals surface area (Å²) in [6.45, 7) is 4.00. The molecular weight excluding hydrogens is 266 g/mol. The highest BCUT2D eigenvalue weighted by Crippen LogP contribution is 2.18. The van der Waals surface area contributed by atoms with E-state index in [0.717, 1.165) is 18.6 Å². The van der Waals surface area contributed by atoms with Crippen molar-refractivity contribution in [2.24, 2.45) is 0 Å². The Hall–Kier alpha value is -1.78. The predicted molar refractivity (Wildman–Crippen MR) is 84.0 cm³/mol. The van der Waals surface area contributed by atoms with Crippen LogP contribution in [0.1, 0.15) is 23.4 Å². The van der Waals surface area contributed by atoms with Crippen LogP contribution in [-0.4, -0.2) is 16.5 Å². The van der Waals surface area contributed by atoms with Crippen LogP contribution >= 0.6 is 11.3 Å². The van der Waals surface area contributed by atoms with E-state index in [9.17, 15) is 0 Å². The first kappa shape index (κ1) is 13.2. The van der Waals surface area contributed by atoms with Gasteiger partial charge in [0, 0.05) is 42.2 Å². The fourth-order valence-electron chi connectivity index (χ4n) is 2.30. The summed E-state index contributed by atoms with van der Waals surface area (Å²) in [4.78, 5) is 8.75. The number of hydrogen-bond donors (Lipinski definition) is 1. The molecule has 0 saturated heterocycles. The number of fused-ring (bicyclic) bond motifs is 1. The van der Waals surface area contributed by atoms with Gasteiger partial charge in [-0.25, -0.2) is 4.98 Å². The Bertz CT molecular complexity index is 674. The molecule has 0 bridgehead atoms. The number of benzene rings is 1. The van der Waals surface area contributed by atoms with Gasteiger partial charge in [0.1, 0.15) is 0 Å². The van der Waals surface area contributed by atoms with Crippen molar-refractivity contribution >= 4 is 22.2 Å². The van der Waals surface area contributed by atoms with Gasteiger partial charge in [-0.3, -0.25) is 4.98 Å². The van der Waals surface area contributed by atoms with E-state index in [1.54, 1.807) is 11.3 Å². The first-order valence-corrected chi connectivity index (χ1v) is 7.65. The Morgan fingerprint density at radius 1 is 1.15 bits per heavy atom. The van der Waals surface area contributed by atoms with E-state index in [1.807, 2.05) is 23.8 Å². The van der Waals surface area contributed by atoms with Crippen LogP contribution in [0.4, 0.5) is 0 Å². The van der Waals surface area contributed by atoms with Gasteiger partial charge in [0.2, 0.25) is 0 Å². The maximum atomic E-state index is 4.39. The minimum Gasteiger partial charge on any atom is -0.312 e. The number of para-hydroxylation sites is 1. The minimum absolute atomic E-state index is 0.447. The molecule has 102 valence electrons. The lowest BCUT2D eigenvalue weighted by molar-refractivity contribution is 0.614. The van der Waals surface area contributed by atoms with Crippen LogP contribution in [0.15, 0.2) is 48.1 Å². The van der Waals surface area contributed by atoms with Crippen LogP contribution in [0.25, 0.3) is 10.9 Å². The third-order valence-corrected chi connectivity index (χ3v) is 4.39. The smallest absolute Gasteiger partial charge is 0.0965 e. The van der Waals surface area contributed by atoms with Gasteiger partial charge < -0.3 is 5.32 Å². The number of aromatic nitrogens is 2.